The molecule has 0 amide bonds. The van der Waals surface area contributed by atoms with Gasteiger partial charge in [-0.15, -0.1) is 10.2 Å². The molecule has 0 aliphatic carbocycles. The van der Waals surface area contributed by atoms with Crippen molar-refractivity contribution in [3.63, 3.8) is 0 Å². The smallest absolute Gasteiger partial charge is 0.337 e. The number of ether oxygens (including phenoxy) is 5. The molecule has 0 fully saturated rings. The van der Waals surface area contributed by atoms with Crippen LogP contribution < -0.4 is 9.47 Å². The van der Waals surface area contributed by atoms with Crippen molar-refractivity contribution in [3.8, 4) is 11.5 Å². The maximum Gasteiger partial charge on any atom is 0.337 e. The van der Waals surface area contributed by atoms with E-state index in [1.165, 1.54) is 14.2 Å². The second-order valence-electron chi connectivity index (χ2n) is 11.0. The summed E-state index contributed by atoms with van der Waals surface area (Å²) < 4.78 is 27.4. The molecule has 256 valence electrons. The Morgan fingerprint density at radius 1 is 0.451 bits per heavy atom. The van der Waals surface area contributed by atoms with Crippen molar-refractivity contribution in [2.45, 2.75) is 0 Å². The lowest BCUT2D eigenvalue weighted by molar-refractivity contribution is 0.0592. The Bertz CT molecular complexity index is 2040. The summed E-state index contributed by atoms with van der Waals surface area (Å²) in [7, 11) is 2.69. The van der Waals surface area contributed by atoms with Crippen LogP contribution in [0.25, 0.3) is 21.5 Å². The fraction of sp³-hybridized carbons (Fsp3) is 0.150. The SMILES string of the molecule is COC(=O)c1ccc(N=Nc2ccc(OCCOCCOc3ccc(N=Nc4ccc(C(=O)OC)cc4)c4ccccc34)c3ccccc23)cc1. The van der Waals surface area contributed by atoms with E-state index in [1.807, 2.05) is 72.8 Å². The Morgan fingerprint density at radius 2 is 0.843 bits per heavy atom. The molecule has 0 aromatic heterocycles. The van der Waals surface area contributed by atoms with E-state index in [2.05, 4.69) is 20.5 Å². The monoisotopic (exact) mass is 682 g/mol. The number of hydrogen-bond donors (Lipinski definition) is 0. The highest BCUT2D eigenvalue weighted by Crippen LogP contribution is 2.35. The van der Waals surface area contributed by atoms with Crippen molar-refractivity contribution >= 4 is 56.2 Å². The van der Waals surface area contributed by atoms with E-state index in [0.717, 1.165) is 21.5 Å². The number of rotatable bonds is 14. The summed E-state index contributed by atoms with van der Waals surface area (Å²) >= 11 is 0. The van der Waals surface area contributed by atoms with Gasteiger partial charge in [-0.1, -0.05) is 48.5 Å². The highest BCUT2D eigenvalue weighted by Gasteiger charge is 2.10. The lowest BCUT2D eigenvalue weighted by atomic mass is 10.1. The van der Waals surface area contributed by atoms with Gasteiger partial charge in [0.15, 0.2) is 0 Å². The Morgan fingerprint density at radius 3 is 1.24 bits per heavy atom. The predicted molar refractivity (Wildman–Crippen MR) is 194 cm³/mol. The van der Waals surface area contributed by atoms with Crippen LogP contribution in [0.15, 0.2) is 142 Å². The molecular formula is C40H34N4O7. The lowest BCUT2D eigenvalue weighted by Crippen LogP contribution is -2.12. The van der Waals surface area contributed by atoms with Crippen LogP contribution >= 0.6 is 0 Å². The standard InChI is InChI=1S/C40H34N4O7/c1-47-39(45)27-11-15-29(16-12-27)41-43-35-19-21-37(33-9-5-3-7-31(33)35)50-25-23-49-24-26-51-38-22-20-36(32-8-4-6-10-34(32)38)44-42-30-17-13-28(14-18-30)40(46)48-2/h3-22H,23-26H2,1-2H3. The molecule has 6 aromatic carbocycles. The molecule has 0 radical (unpaired) electrons. The van der Waals surface area contributed by atoms with E-state index in [-0.39, 0.29) is 0 Å². The van der Waals surface area contributed by atoms with Crippen molar-refractivity contribution in [2.24, 2.45) is 20.5 Å². The molecule has 0 saturated heterocycles. The summed E-state index contributed by atoms with van der Waals surface area (Å²) in [5, 5.41) is 21.2. The molecule has 0 bridgehead atoms. The van der Waals surface area contributed by atoms with Crippen LogP contribution in [0.5, 0.6) is 11.5 Å². The number of esters is 2. The van der Waals surface area contributed by atoms with Gasteiger partial charge in [-0.25, -0.2) is 9.59 Å². The van der Waals surface area contributed by atoms with Crippen LogP contribution in [0, 0.1) is 0 Å². The molecule has 0 spiro atoms. The second-order valence-corrected chi connectivity index (χ2v) is 11.0. The molecule has 0 atom stereocenters. The number of carbonyl (C=O) groups excluding carboxylic acids is 2. The predicted octanol–water partition coefficient (Wildman–Crippen LogP) is 9.87. The molecule has 6 rings (SSSR count). The van der Waals surface area contributed by atoms with E-state index in [0.29, 0.717) is 71.8 Å². The zero-order valence-electron chi connectivity index (χ0n) is 28.0. The molecule has 0 aliphatic heterocycles. The lowest BCUT2D eigenvalue weighted by Gasteiger charge is -2.12. The van der Waals surface area contributed by atoms with Crippen LogP contribution in [-0.2, 0) is 14.2 Å². The molecule has 0 N–H and O–H groups in total. The highest BCUT2D eigenvalue weighted by atomic mass is 16.5. The first-order chi connectivity index (χ1) is 25.0. The third-order valence-corrected chi connectivity index (χ3v) is 7.82. The maximum atomic E-state index is 11.7. The Hall–Kier alpha value is -6.46. The molecule has 0 saturated carbocycles. The summed E-state index contributed by atoms with van der Waals surface area (Å²) in [5.74, 6) is 0.626. The van der Waals surface area contributed by atoms with Gasteiger partial charge in [0.05, 0.1) is 61.3 Å². The van der Waals surface area contributed by atoms with Crippen LogP contribution in [-0.4, -0.2) is 52.6 Å². The maximum absolute atomic E-state index is 11.7. The molecule has 0 heterocycles. The van der Waals surface area contributed by atoms with Crippen molar-refractivity contribution in [1.82, 2.24) is 0 Å². The van der Waals surface area contributed by atoms with Gasteiger partial charge in [0, 0.05) is 21.5 Å². The number of azo groups is 2. The van der Waals surface area contributed by atoms with Crippen molar-refractivity contribution in [1.29, 1.82) is 0 Å². The number of fused-ring (bicyclic) bond motifs is 2. The number of methoxy groups -OCH3 is 2. The quantitative estimate of drug-likeness (QED) is 0.0635. The fourth-order valence-electron chi connectivity index (χ4n) is 5.25. The molecule has 0 aliphatic rings. The zero-order chi connectivity index (χ0) is 35.4. The van der Waals surface area contributed by atoms with Gasteiger partial charge in [0.2, 0.25) is 0 Å². The van der Waals surface area contributed by atoms with Crippen LogP contribution in [0.3, 0.4) is 0 Å². The first kappa shape index (κ1) is 34.4. The van der Waals surface area contributed by atoms with Crippen molar-refractivity contribution in [2.75, 3.05) is 40.6 Å². The third kappa shape index (κ3) is 8.59. The summed E-state index contributed by atoms with van der Waals surface area (Å²) in [6.45, 7) is 1.46. The molecule has 0 unspecified atom stereocenters. The minimum Gasteiger partial charge on any atom is -0.491 e. The van der Waals surface area contributed by atoms with Gasteiger partial charge >= 0.3 is 11.9 Å². The fourth-order valence-corrected chi connectivity index (χ4v) is 5.25. The average Bonchev–Trinajstić information content (AvgIpc) is 3.19. The summed E-state index contributed by atoms with van der Waals surface area (Å²) in [6.07, 6.45) is 0. The van der Waals surface area contributed by atoms with E-state index < -0.39 is 11.9 Å². The number of nitrogens with zero attached hydrogens (tertiary/aromatic N) is 4. The van der Waals surface area contributed by atoms with Crippen LogP contribution in [0.1, 0.15) is 20.7 Å². The third-order valence-electron chi connectivity index (χ3n) is 7.82. The van der Waals surface area contributed by atoms with E-state index in [9.17, 15) is 9.59 Å². The van der Waals surface area contributed by atoms with Crippen molar-refractivity contribution in [3.05, 3.63) is 132 Å². The first-order valence-electron chi connectivity index (χ1n) is 16.1. The largest absolute Gasteiger partial charge is 0.491 e. The van der Waals surface area contributed by atoms with Gasteiger partial charge < -0.3 is 23.7 Å². The van der Waals surface area contributed by atoms with Gasteiger partial charge in [-0.2, -0.15) is 10.2 Å². The van der Waals surface area contributed by atoms with Gasteiger partial charge in [0.1, 0.15) is 24.7 Å². The van der Waals surface area contributed by atoms with E-state index in [4.69, 9.17) is 23.7 Å². The summed E-state index contributed by atoms with van der Waals surface area (Å²) in [4.78, 5) is 23.4. The van der Waals surface area contributed by atoms with Gasteiger partial charge in [0.25, 0.3) is 0 Å². The number of benzene rings is 6. The normalized spacial score (nSPS) is 11.3. The molecular weight excluding hydrogens is 648 g/mol. The Labute approximate surface area is 294 Å². The van der Waals surface area contributed by atoms with Gasteiger partial charge in [-0.05, 0) is 72.8 Å². The minimum absolute atomic E-state index is 0.353. The average molecular weight is 683 g/mol. The Kier molecular flexibility index (Phi) is 11.3. The second kappa shape index (κ2) is 16.8. The van der Waals surface area contributed by atoms with Crippen LogP contribution in [0.2, 0.25) is 0 Å². The summed E-state index contributed by atoms with van der Waals surface area (Å²) in [6, 6.07) is 36.6. The minimum atomic E-state index is -0.404. The number of carbonyl (C=O) groups is 2. The molecule has 11 nitrogen and oxygen atoms in total. The number of hydrogen-bond acceptors (Lipinski definition) is 11. The Balaban J connectivity index is 1.000. The highest BCUT2D eigenvalue weighted by molar-refractivity contribution is 5.97. The van der Waals surface area contributed by atoms with Crippen LogP contribution in [0.4, 0.5) is 22.7 Å². The molecule has 51 heavy (non-hydrogen) atoms. The van der Waals surface area contributed by atoms with Gasteiger partial charge in [-0.3, -0.25) is 0 Å². The van der Waals surface area contributed by atoms with E-state index >= 15 is 0 Å². The molecule has 11 heteroatoms. The first-order valence-corrected chi connectivity index (χ1v) is 16.1. The van der Waals surface area contributed by atoms with E-state index in [1.54, 1.807) is 48.5 Å². The summed E-state index contributed by atoms with van der Waals surface area (Å²) in [5.41, 5.74) is 3.51. The van der Waals surface area contributed by atoms with Crippen molar-refractivity contribution < 1.29 is 33.3 Å². The zero-order valence-corrected chi connectivity index (χ0v) is 28.0. The molecule has 6 aromatic rings. The topological polar surface area (TPSA) is 130 Å².